The zero-order valence-electron chi connectivity index (χ0n) is 21.6. The van der Waals surface area contributed by atoms with Crippen LogP contribution in [0.3, 0.4) is 0 Å². The lowest BCUT2D eigenvalue weighted by atomic mass is 10.0. The van der Waals surface area contributed by atoms with Gasteiger partial charge in [-0.15, -0.1) is 0 Å². The largest absolute Gasteiger partial charge is 0.493 e. The minimum absolute atomic E-state index is 0.136. The van der Waals surface area contributed by atoms with Crippen LogP contribution in [0, 0.1) is 5.82 Å². The van der Waals surface area contributed by atoms with E-state index in [4.69, 9.17) is 20.9 Å². The number of methoxy groups -OCH3 is 2. The lowest BCUT2D eigenvalue weighted by molar-refractivity contribution is -0.122. The van der Waals surface area contributed by atoms with E-state index >= 15 is 4.39 Å². The van der Waals surface area contributed by atoms with Crippen LogP contribution in [0.1, 0.15) is 37.3 Å². The third kappa shape index (κ3) is 5.71. The number of halogens is 1. The van der Waals surface area contributed by atoms with Gasteiger partial charge in [-0.05, 0) is 46.9 Å². The van der Waals surface area contributed by atoms with Crippen molar-refractivity contribution >= 4 is 40.6 Å². The summed E-state index contributed by atoms with van der Waals surface area (Å²) in [6.45, 7) is 0.136. The zero-order chi connectivity index (χ0) is 28.8. The number of nitrogens with zero attached hydrogens (tertiary/aromatic N) is 2. The van der Waals surface area contributed by atoms with Gasteiger partial charge in [0.25, 0.3) is 11.8 Å². The van der Waals surface area contributed by atoms with E-state index in [0.29, 0.717) is 17.3 Å². The average molecular weight is 564 g/mol. The normalized spacial score (nSPS) is 11.4. The van der Waals surface area contributed by atoms with Gasteiger partial charge in [0.15, 0.2) is 17.2 Å². The van der Waals surface area contributed by atoms with E-state index in [2.05, 4.69) is 9.69 Å². The van der Waals surface area contributed by atoms with Gasteiger partial charge in [-0.25, -0.2) is 4.39 Å². The van der Waals surface area contributed by atoms with Crippen LogP contribution < -0.4 is 31.2 Å². The number of benzene rings is 3. The molecule has 0 saturated carbocycles. The van der Waals surface area contributed by atoms with Crippen molar-refractivity contribution in [2.75, 3.05) is 24.9 Å². The Bertz CT molecular complexity index is 1550. The number of hydrogen-bond acceptors (Lipinski definition) is 8. The van der Waals surface area contributed by atoms with Crippen LogP contribution in [0.5, 0.6) is 11.5 Å². The fourth-order valence-corrected chi connectivity index (χ4v) is 4.82. The number of nitrogens with two attached hydrogens (primary N) is 2. The number of carbonyl (C=O) groups excluding carboxylic acids is 3. The predicted octanol–water partition coefficient (Wildman–Crippen LogP) is 3.69. The van der Waals surface area contributed by atoms with E-state index in [1.165, 1.54) is 38.5 Å². The van der Waals surface area contributed by atoms with Gasteiger partial charge in [-0.2, -0.15) is 4.37 Å². The molecule has 0 bridgehead atoms. The van der Waals surface area contributed by atoms with Crippen molar-refractivity contribution < 1.29 is 28.2 Å². The molecule has 1 aromatic heterocycles. The van der Waals surface area contributed by atoms with Crippen LogP contribution in [-0.2, 0) is 11.3 Å². The van der Waals surface area contributed by atoms with E-state index in [-0.39, 0.29) is 39.8 Å². The molecular formula is C28H26FN5O5S. The molecule has 0 aliphatic carbocycles. The van der Waals surface area contributed by atoms with Crippen molar-refractivity contribution in [1.29, 1.82) is 0 Å². The van der Waals surface area contributed by atoms with Gasteiger partial charge in [0, 0.05) is 6.54 Å². The molecule has 0 radical (unpaired) electrons. The first-order valence-electron chi connectivity index (χ1n) is 11.9. The Labute approximate surface area is 233 Å². The summed E-state index contributed by atoms with van der Waals surface area (Å²) < 4.78 is 30.0. The highest BCUT2D eigenvalue weighted by molar-refractivity contribution is 7.09. The summed E-state index contributed by atoms with van der Waals surface area (Å²) in [6, 6.07) is 17.9. The summed E-state index contributed by atoms with van der Waals surface area (Å²) in [5.74, 6) is -2.50. The van der Waals surface area contributed by atoms with Gasteiger partial charge in [0.2, 0.25) is 5.91 Å². The number of primary amides is 1. The van der Waals surface area contributed by atoms with Gasteiger partial charge in [0.1, 0.15) is 16.7 Å². The molecule has 12 heteroatoms. The maximum atomic E-state index is 15.3. The highest BCUT2D eigenvalue weighted by Crippen LogP contribution is 2.37. The SMILES string of the molecule is COc1ccc([C@H](C(=O)NCc2ccccc2)N(C(=O)c2snc(C(N)=O)c2N)c2ccccc2F)cc1OC. The van der Waals surface area contributed by atoms with Crippen molar-refractivity contribution in [2.45, 2.75) is 12.6 Å². The van der Waals surface area contributed by atoms with E-state index in [1.54, 1.807) is 12.1 Å². The minimum atomic E-state index is -1.41. The van der Waals surface area contributed by atoms with E-state index < -0.39 is 29.6 Å². The molecule has 1 heterocycles. The minimum Gasteiger partial charge on any atom is -0.493 e. The number of anilines is 2. The number of ether oxygens (including phenoxy) is 2. The molecule has 10 nitrogen and oxygen atoms in total. The van der Waals surface area contributed by atoms with Crippen LogP contribution in [0.15, 0.2) is 72.8 Å². The third-order valence-corrected chi connectivity index (χ3v) is 6.88. The Morgan fingerprint density at radius 1 is 1.00 bits per heavy atom. The maximum absolute atomic E-state index is 15.3. The quantitative estimate of drug-likeness (QED) is 0.266. The van der Waals surface area contributed by atoms with Crippen molar-refractivity contribution in [3.63, 3.8) is 0 Å². The maximum Gasteiger partial charge on any atom is 0.273 e. The Balaban J connectivity index is 1.89. The highest BCUT2D eigenvalue weighted by Gasteiger charge is 2.37. The molecule has 0 unspecified atom stereocenters. The van der Waals surface area contributed by atoms with Crippen LogP contribution in [-0.4, -0.2) is 36.3 Å². The first-order valence-corrected chi connectivity index (χ1v) is 12.7. The lowest BCUT2D eigenvalue weighted by Gasteiger charge is -2.31. The van der Waals surface area contributed by atoms with Crippen molar-refractivity contribution in [3.8, 4) is 11.5 Å². The molecule has 206 valence electrons. The number of amides is 3. The first-order chi connectivity index (χ1) is 19.3. The fraction of sp³-hybridized carbons (Fsp3) is 0.143. The molecule has 0 saturated heterocycles. The van der Waals surface area contributed by atoms with E-state index in [9.17, 15) is 14.4 Å². The molecule has 40 heavy (non-hydrogen) atoms. The summed E-state index contributed by atoms with van der Waals surface area (Å²) in [6.07, 6.45) is 0. The molecule has 0 spiro atoms. The molecule has 3 amide bonds. The molecule has 3 aromatic carbocycles. The summed E-state index contributed by atoms with van der Waals surface area (Å²) in [7, 11) is 2.88. The molecule has 4 aromatic rings. The summed E-state index contributed by atoms with van der Waals surface area (Å²) in [5, 5.41) is 2.83. The Morgan fingerprint density at radius 3 is 2.30 bits per heavy atom. The van der Waals surface area contributed by atoms with Crippen molar-refractivity contribution in [3.05, 3.63) is 100 Å². The molecular weight excluding hydrogens is 537 g/mol. The number of nitrogens with one attached hydrogen (secondary N) is 1. The first kappa shape index (κ1) is 28.0. The topological polar surface area (TPSA) is 150 Å². The Hall–Kier alpha value is -4.97. The Morgan fingerprint density at radius 2 is 1.68 bits per heavy atom. The third-order valence-electron chi connectivity index (χ3n) is 6.03. The monoisotopic (exact) mass is 563 g/mol. The molecule has 0 fully saturated rings. The van der Waals surface area contributed by atoms with E-state index in [1.807, 2.05) is 30.3 Å². The number of nitrogen functional groups attached to an aromatic ring is 1. The second-order valence-electron chi connectivity index (χ2n) is 8.49. The fourth-order valence-electron chi connectivity index (χ4n) is 4.07. The van der Waals surface area contributed by atoms with E-state index in [0.717, 1.165) is 16.5 Å². The second kappa shape index (κ2) is 12.3. The average Bonchev–Trinajstić information content (AvgIpc) is 3.36. The molecule has 5 N–H and O–H groups in total. The Kier molecular flexibility index (Phi) is 8.60. The zero-order valence-corrected chi connectivity index (χ0v) is 22.4. The van der Waals surface area contributed by atoms with Gasteiger partial charge in [0.05, 0.1) is 25.6 Å². The predicted molar refractivity (Wildman–Crippen MR) is 149 cm³/mol. The number of aromatic nitrogens is 1. The number of rotatable bonds is 10. The lowest BCUT2D eigenvalue weighted by Crippen LogP contribution is -2.44. The number of hydrogen-bond donors (Lipinski definition) is 3. The summed E-state index contributed by atoms with van der Waals surface area (Å²) in [4.78, 5) is 40.6. The van der Waals surface area contributed by atoms with Crippen LogP contribution in [0.25, 0.3) is 0 Å². The van der Waals surface area contributed by atoms with Gasteiger partial charge < -0.3 is 26.3 Å². The van der Waals surface area contributed by atoms with Gasteiger partial charge in [-0.1, -0.05) is 48.5 Å². The summed E-state index contributed by atoms with van der Waals surface area (Å²) >= 11 is 0.624. The van der Waals surface area contributed by atoms with Gasteiger partial charge in [-0.3, -0.25) is 19.3 Å². The standard InChI is InChI=1S/C28H26FN5O5S/c1-38-20-13-12-17(14-21(20)39-2)24(27(36)32-15-16-8-4-3-5-9-16)34(19-11-7-6-10-18(19)29)28(37)25-22(30)23(26(31)35)33-40-25/h3-14,24H,15,30H2,1-2H3,(H2,31,35)(H,32,36)/t24-/m1/s1. The van der Waals surface area contributed by atoms with Crippen molar-refractivity contribution in [2.24, 2.45) is 5.73 Å². The number of carbonyl (C=O) groups is 3. The molecule has 0 aliphatic rings. The highest BCUT2D eigenvalue weighted by atomic mass is 32.1. The van der Waals surface area contributed by atoms with Crippen LogP contribution in [0.4, 0.5) is 15.8 Å². The van der Waals surface area contributed by atoms with Crippen LogP contribution in [0.2, 0.25) is 0 Å². The second-order valence-corrected chi connectivity index (χ2v) is 9.26. The molecule has 1 atom stereocenters. The molecule has 4 rings (SSSR count). The summed E-state index contributed by atoms with van der Waals surface area (Å²) in [5.41, 5.74) is 11.7. The smallest absolute Gasteiger partial charge is 0.273 e. The number of para-hydroxylation sites is 1. The van der Waals surface area contributed by atoms with Crippen LogP contribution >= 0.6 is 11.5 Å². The van der Waals surface area contributed by atoms with Crippen molar-refractivity contribution in [1.82, 2.24) is 9.69 Å². The molecule has 0 aliphatic heterocycles. The van der Waals surface area contributed by atoms with Gasteiger partial charge >= 0.3 is 0 Å².